The van der Waals surface area contributed by atoms with Gasteiger partial charge in [0.15, 0.2) is 0 Å². The Kier molecular flexibility index (Phi) is 18.3. The summed E-state index contributed by atoms with van der Waals surface area (Å²) in [4.78, 5) is 10.3. The molecule has 0 aliphatic heterocycles. The summed E-state index contributed by atoms with van der Waals surface area (Å²) in [6.07, 6.45) is 11.3. The van der Waals surface area contributed by atoms with Crippen LogP contribution >= 0.6 is 0 Å². The van der Waals surface area contributed by atoms with E-state index in [4.69, 9.17) is 0 Å². The van der Waals surface area contributed by atoms with E-state index in [0.717, 1.165) is 12.8 Å². The zero-order valence-electron chi connectivity index (χ0n) is 11.3. The van der Waals surface area contributed by atoms with Gasteiger partial charge in [0.05, 0.1) is 0 Å². The molecule has 0 radical (unpaired) electrons. The van der Waals surface area contributed by atoms with Gasteiger partial charge in [-0.15, -0.1) is 0 Å². The molecule has 0 bridgehead atoms. The first-order valence-electron chi connectivity index (χ1n) is 6.68. The quantitative estimate of drug-likeness (QED) is 0.512. The molecule has 15 heavy (non-hydrogen) atoms. The molecule has 0 aliphatic rings. The molecule has 0 unspecified atom stereocenters. The van der Waals surface area contributed by atoms with Gasteiger partial charge in [-0.1, -0.05) is 65.7 Å². The van der Waals surface area contributed by atoms with Crippen molar-refractivity contribution in [1.29, 1.82) is 0 Å². The number of carbonyl (C=O) groups excluding carboxylic acids is 1. The topological polar surface area (TPSA) is 17.1 Å². The average molecular weight is 214 g/mol. The SMILES string of the molecule is CCCCCC(C)=O.CCCCCCC. The molecule has 0 N–H and O–H groups in total. The first-order valence-corrected chi connectivity index (χ1v) is 6.68. The van der Waals surface area contributed by atoms with Crippen LogP contribution in [0.15, 0.2) is 0 Å². The summed E-state index contributed by atoms with van der Waals surface area (Å²) in [5.74, 6) is 0.318. The molecule has 0 saturated heterocycles. The lowest BCUT2D eigenvalue weighted by Gasteiger charge is -1.90. The van der Waals surface area contributed by atoms with E-state index in [0.29, 0.717) is 5.78 Å². The summed E-state index contributed by atoms with van der Waals surface area (Å²) >= 11 is 0. The van der Waals surface area contributed by atoms with Crippen LogP contribution in [0.2, 0.25) is 0 Å². The molecular formula is C14H30O. The molecule has 0 atom stereocenters. The predicted octanol–water partition coefficient (Wildman–Crippen LogP) is 5.13. The van der Waals surface area contributed by atoms with Gasteiger partial charge in [0.2, 0.25) is 0 Å². The van der Waals surface area contributed by atoms with Crippen LogP contribution in [0.1, 0.15) is 85.5 Å². The van der Waals surface area contributed by atoms with Crippen LogP contribution in [0.25, 0.3) is 0 Å². The lowest BCUT2D eigenvalue weighted by molar-refractivity contribution is -0.117. The smallest absolute Gasteiger partial charge is 0.129 e. The first kappa shape index (κ1) is 17.1. The summed E-state index contributed by atoms with van der Waals surface area (Å²) in [5.41, 5.74) is 0. The zero-order chi connectivity index (χ0) is 11.9. The highest BCUT2D eigenvalue weighted by Crippen LogP contribution is 2.00. The molecule has 0 heterocycles. The van der Waals surface area contributed by atoms with Crippen molar-refractivity contribution in [2.24, 2.45) is 0 Å². The second-order valence-electron chi connectivity index (χ2n) is 4.22. The van der Waals surface area contributed by atoms with Gasteiger partial charge in [0, 0.05) is 6.42 Å². The fraction of sp³-hybridized carbons (Fsp3) is 0.929. The molecule has 0 amide bonds. The van der Waals surface area contributed by atoms with Gasteiger partial charge in [-0.3, -0.25) is 0 Å². The molecule has 0 saturated carbocycles. The largest absolute Gasteiger partial charge is 0.300 e. The van der Waals surface area contributed by atoms with E-state index in [9.17, 15) is 4.79 Å². The van der Waals surface area contributed by atoms with Gasteiger partial charge in [0.1, 0.15) is 5.78 Å². The number of rotatable bonds is 8. The molecule has 92 valence electrons. The number of hydrogen-bond acceptors (Lipinski definition) is 1. The van der Waals surface area contributed by atoms with Gasteiger partial charge in [0.25, 0.3) is 0 Å². The fourth-order valence-corrected chi connectivity index (χ4v) is 1.30. The molecular weight excluding hydrogens is 184 g/mol. The highest BCUT2D eigenvalue weighted by Gasteiger charge is 1.89. The predicted molar refractivity (Wildman–Crippen MR) is 69.3 cm³/mol. The maximum Gasteiger partial charge on any atom is 0.129 e. The minimum Gasteiger partial charge on any atom is -0.300 e. The standard InChI is InChI=1S/C7H14O.C7H16/c1-3-4-5-6-7(2)8;1-3-5-7-6-4-2/h3-6H2,1-2H3;3-7H2,1-2H3. The Bertz CT molecular complexity index is 115. The van der Waals surface area contributed by atoms with Crippen LogP contribution in [-0.2, 0) is 4.79 Å². The van der Waals surface area contributed by atoms with Crippen molar-refractivity contribution in [3.8, 4) is 0 Å². The minimum absolute atomic E-state index is 0.318. The van der Waals surface area contributed by atoms with E-state index in [-0.39, 0.29) is 0 Å². The Hall–Kier alpha value is -0.330. The van der Waals surface area contributed by atoms with Gasteiger partial charge < -0.3 is 4.79 Å². The molecule has 0 aromatic carbocycles. The van der Waals surface area contributed by atoms with Crippen molar-refractivity contribution in [1.82, 2.24) is 0 Å². The van der Waals surface area contributed by atoms with Gasteiger partial charge in [-0.05, 0) is 13.3 Å². The maximum atomic E-state index is 10.3. The van der Waals surface area contributed by atoms with E-state index in [2.05, 4.69) is 20.8 Å². The minimum atomic E-state index is 0.318. The fourth-order valence-electron chi connectivity index (χ4n) is 1.30. The first-order chi connectivity index (χ1) is 7.18. The van der Waals surface area contributed by atoms with Crippen LogP contribution in [-0.4, -0.2) is 5.78 Å². The third kappa shape index (κ3) is 24.8. The monoisotopic (exact) mass is 214 g/mol. The van der Waals surface area contributed by atoms with E-state index in [1.807, 2.05) is 0 Å². The molecule has 1 heteroatoms. The third-order valence-corrected chi connectivity index (χ3v) is 2.34. The third-order valence-electron chi connectivity index (χ3n) is 2.34. The van der Waals surface area contributed by atoms with Crippen LogP contribution in [0.4, 0.5) is 0 Å². The van der Waals surface area contributed by atoms with Gasteiger partial charge >= 0.3 is 0 Å². The van der Waals surface area contributed by atoms with E-state index >= 15 is 0 Å². The average Bonchev–Trinajstić information content (AvgIpc) is 2.20. The highest BCUT2D eigenvalue weighted by molar-refractivity contribution is 5.75. The van der Waals surface area contributed by atoms with Crippen LogP contribution in [0, 0.1) is 0 Å². The van der Waals surface area contributed by atoms with E-state index < -0.39 is 0 Å². The van der Waals surface area contributed by atoms with Crippen LogP contribution in [0.5, 0.6) is 0 Å². The molecule has 0 fully saturated rings. The Morgan fingerprint density at radius 3 is 1.47 bits per heavy atom. The van der Waals surface area contributed by atoms with Crippen molar-refractivity contribution in [3.05, 3.63) is 0 Å². The van der Waals surface area contributed by atoms with Crippen molar-refractivity contribution in [2.75, 3.05) is 0 Å². The van der Waals surface area contributed by atoms with Gasteiger partial charge in [-0.2, -0.15) is 0 Å². The summed E-state index contributed by atoms with van der Waals surface area (Å²) in [6.45, 7) is 8.28. The van der Waals surface area contributed by atoms with Gasteiger partial charge in [-0.25, -0.2) is 0 Å². The molecule has 0 rings (SSSR count). The normalized spacial score (nSPS) is 9.33. The summed E-state index contributed by atoms with van der Waals surface area (Å²) < 4.78 is 0. The Morgan fingerprint density at radius 1 is 0.733 bits per heavy atom. The Labute approximate surface area is 96.7 Å². The molecule has 0 aliphatic carbocycles. The molecule has 0 aromatic rings. The summed E-state index contributed by atoms with van der Waals surface area (Å²) in [5, 5.41) is 0. The van der Waals surface area contributed by atoms with Crippen LogP contribution < -0.4 is 0 Å². The lowest BCUT2D eigenvalue weighted by Crippen LogP contribution is -1.87. The van der Waals surface area contributed by atoms with Crippen molar-refractivity contribution < 1.29 is 4.79 Å². The molecule has 1 nitrogen and oxygen atoms in total. The number of carbonyl (C=O) groups is 1. The number of unbranched alkanes of at least 4 members (excludes halogenated alkanes) is 6. The number of hydrogen-bond donors (Lipinski definition) is 0. The second kappa shape index (κ2) is 16.1. The summed E-state index contributed by atoms with van der Waals surface area (Å²) in [7, 11) is 0. The zero-order valence-corrected chi connectivity index (χ0v) is 11.3. The highest BCUT2D eigenvalue weighted by atomic mass is 16.1. The summed E-state index contributed by atoms with van der Waals surface area (Å²) in [6, 6.07) is 0. The van der Waals surface area contributed by atoms with E-state index in [1.165, 1.54) is 44.9 Å². The Balaban J connectivity index is 0. The van der Waals surface area contributed by atoms with Crippen molar-refractivity contribution >= 4 is 5.78 Å². The molecule has 0 spiro atoms. The van der Waals surface area contributed by atoms with Crippen molar-refractivity contribution in [2.45, 2.75) is 85.5 Å². The number of ketones is 1. The molecule has 0 aromatic heterocycles. The second-order valence-corrected chi connectivity index (χ2v) is 4.22. The number of Topliss-reactive ketones (excluding diaryl/α,β-unsaturated/α-hetero) is 1. The van der Waals surface area contributed by atoms with Crippen LogP contribution in [0.3, 0.4) is 0 Å². The Morgan fingerprint density at radius 2 is 1.13 bits per heavy atom. The van der Waals surface area contributed by atoms with Crippen molar-refractivity contribution in [3.63, 3.8) is 0 Å². The maximum absolute atomic E-state index is 10.3. The lowest BCUT2D eigenvalue weighted by atomic mass is 10.2. The van der Waals surface area contributed by atoms with E-state index in [1.54, 1.807) is 6.92 Å².